The van der Waals surface area contributed by atoms with Crippen molar-refractivity contribution in [2.45, 2.75) is 25.7 Å². The van der Waals surface area contributed by atoms with Gasteiger partial charge in [0.15, 0.2) is 5.88 Å². The molecule has 0 spiro atoms. The summed E-state index contributed by atoms with van der Waals surface area (Å²) in [6.45, 7) is 0. The Morgan fingerprint density at radius 2 is 2.28 bits per heavy atom. The van der Waals surface area contributed by atoms with Gasteiger partial charge in [-0.3, -0.25) is 4.90 Å². The normalized spacial score (nSPS) is 17.7. The van der Waals surface area contributed by atoms with E-state index in [4.69, 9.17) is 10.7 Å². The fraction of sp³-hybridized carbons (Fsp3) is 0.417. The van der Waals surface area contributed by atoms with Crippen LogP contribution >= 0.6 is 0 Å². The number of hydrogen-bond acceptors (Lipinski definition) is 5. The average Bonchev–Trinajstić information content (AvgIpc) is 2.34. The molecule has 3 N–H and O–H groups in total. The first-order valence-corrected chi connectivity index (χ1v) is 5.62. The molecule has 0 aromatic rings. The number of allylic oxidation sites excluding steroid dienone is 1. The fourth-order valence-electron chi connectivity index (χ4n) is 1.59. The molecule has 0 aromatic carbocycles. The minimum Gasteiger partial charge on any atom is -0.494 e. The number of nitrogens with one attached hydrogen (secondary N) is 1. The van der Waals surface area contributed by atoms with Crippen molar-refractivity contribution in [3.8, 4) is 6.07 Å². The number of nitriles is 1. The molecule has 0 fully saturated rings. The first-order chi connectivity index (χ1) is 8.60. The molecular weight excluding hydrogens is 232 g/mol. The van der Waals surface area contributed by atoms with Crippen LogP contribution in [0.4, 0.5) is 0 Å². The highest BCUT2D eigenvalue weighted by Crippen LogP contribution is 2.21. The van der Waals surface area contributed by atoms with Crippen LogP contribution in [0.3, 0.4) is 0 Å². The van der Waals surface area contributed by atoms with Gasteiger partial charge < -0.3 is 15.6 Å². The Labute approximate surface area is 106 Å². The van der Waals surface area contributed by atoms with E-state index in [1.165, 1.54) is 4.90 Å². The van der Waals surface area contributed by atoms with Crippen molar-refractivity contribution in [3.05, 3.63) is 23.4 Å². The van der Waals surface area contributed by atoms with Gasteiger partial charge in [0.25, 0.3) is 0 Å². The van der Waals surface area contributed by atoms with Crippen LogP contribution in [-0.2, 0) is 0 Å². The summed E-state index contributed by atoms with van der Waals surface area (Å²) in [5, 5.41) is 34.7. The van der Waals surface area contributed by atoms with Gasteiger partial charge in [-0.05, 0) is 19.3 Å². The Kier molecular flexibility index (Phi) is 4.93. The third-order valence-corrected chi connectivity index (χ3v) is 2.59. The highest BCUT2D eigenvalue weighted by atomic mass is 16.3. The van der Waals surface area contributed by atoms with Crippen molar-refractivity contribution in [2.75, 3.05) is 7.05 Å². The molecular formula is C12H16N4O2. The van der Waals surface area contributed by atoms with Crippen LogP contribution in [0.15, 0.2) is 28.3 Å². The van der Waals surface area contributed by atoms with Gasteiger partial charge >= 0.3 is 0 Å². The van der Waals surface area contributed by atoms with E-state index in [-0.39, 0.29) is 11.8 Å². The molecule has 1 aliphatic rings. The van der Waals surface area contributed by atoms with Gasteiger partial charge in [-0.25, -0.2) is 0 Å². The molecule has 1 aliphatic heterocycles. The molecule has 6 nitrogen and oxygen atoms in total. The summed E-state index contributed by atoms with van der Waals surface area (Å²) >= 11 is 0. The summed E-state index contributed by atoms with van der Waals surface area (Å²) < 4.78 is 0. The van der Waals surface area contributed by atoms with Gasteiger partial charge in [-0.2, -0.15) is 10.3 Å². The molecule has 0 saturated carbocycles. The topological polar surface area (TPSA) is 104 Å². The number of unbranched alkanes of at least 4 members (excludes halogenated alkanes) is 2. The molecule has 0 atom stereocenters. The third-order valence-electron chi connectivity index (χ3n) is 2.59. The van der Waals surface area contributed by atoms with Crippen molar-refractivity contribution < 1.29 is 10.2 Å². The number of aliphatic imine (C=N–C) groups is 1. The molecule has 0 amide bonds. The lowest BCUT2D eigenvalue weighted by Crippen LogP contribution is -2.23. The smallest absolute Gasteiger partial charge is 0.218 e. The van der Waals surface area contributed by atoms with Crippen LogP contribution < -0.4 is 0 Å². The van der Waals surface area contributed by atoms with Crippen molar-refractivity contribution in [1.82, 2.24) is 4.90 Å². The number of nitrogens with zero attached hydrogens (tertiary/aromatic N) is 3. The number of aliphatic hydroxyl groups excluding tert-OH is 2. The largest absolute Gasteiger partial charge is 0.494 e. The summed E-state index contributed by atoms with van der Waals surface area (Å²) in [6.07, 6.45) is 4.87. The second-order valence-corrected chi connectivity index (χ2v) is 3.89. The van der Waals surface area contributed by atoms with Crippen molar-refractivity contribution in [2.24, 2.45) is 4.99 Å². The van der Waals surface area contributed by atoms with Crippen LogP contribution in [0, 0.1) is 16.7 Å². The summed E-state index contributed by atoms with van der Waals surface area (Å²) in [7, 11) is 1.61. The average molecular weight is 248 g/mol. The van der Waals surface area contributed by atoms with Crippen LogP contribution in [0.25, 0.3) is 0 Å². The van der Waals surface area contributed by atoms with E-state index < -0.39 is 0 Å². The highest BCUT2D eigenvalue weighted by Gasteiger charge is 2.18. The lowest BCUT2D eigenvalue weighted by atomic mass is 10.1. The SMILES string of the molecule is CN1C(O)=CC(O)=N/C1=C(/C=N)CCCCC#N. The lowest BCUT2D eigenvalue weighted by molar-refractivity contribution is 0.261. The van der Waals surface area contributed by atoms with E-state index in [1.807, 2.05) is 0 Å². The number of rotatable bonds is 5. The number of hydrogen-bond donors (Lipinski definition) is 3. The molecule has 0 aromatic heterocycles. The Morgan fingerprint density at radius 1 is 1.56 bits per heavy atom. The van der Waals surface area contributed by atoms with Gasteiger partial charge in [0.05, 0.1) is 12.1 Å². The maximum atomic E-state index is 9.57. The third kappa shape index (κ3) is 3.35. The predicted molar refractivity (Wildman–Crippen MR) is 68.4 cm³/mol. The molecule has 18 heavy (non-hydrogen) atoms. The Bertz CT molecular complexity index is 457. The first-order valence-electron chi connectivity index (χ1n) is 5.62. The van der Waals surface area contributed by atoms with Gasteiger partial charge in [-0.15, -0.1) is 0 Å². The van der Waals surface area contributed by atoms with Gasteiger partial charge in [0.2, 0.25) is 5.90 Å². The summed E-state index contributed by atoms with van der Waals surface area (Å²) in [4.78, 5) is 5.32. The second-order valence-electron chi connectivity index (χ2n) is 3.89. The Balaban J connectivity index is 2.84. The van der Waals surface area contributed by atoms with E-state index >= 15 is 0 Å². The molecule has 6 heteroatoms. The zero-order chi connectivity index (χ0) is 13.5. The maximum Gasteiger partial charge on any atom is 0.218 e. The van der Waals surface area contributed by atoms with E-state index in [0.29, 0.717) is 24.2 Å². The molecule has 0 aliphatic carbocycles. The van der Waals surface area contributed by atoms with Gasteiger partial charge in [0.1, 0.15) is 5.82 Å². The minimum atomic E-state index is -0.281. The molecule has 0 unspecified atom stereocenters. The van der Waals surface area contributed by atoms with E-state index in [9.17, 15) is 10.2 Å². The molecule has 0 radical (unpaired) electrons. The highest BCUT2D eigenvalue weighted by molar-refractivity contribution is 5.89. The standard InChI is InChI=1S/C12H16N4O2/c1-16-11(18)7-10(17)15-12(16)9(8-14)5-3-2-4-6-13/h7-8,14,18H,2-5H2,1H3,(H,15,17)/b12-9-,14-8?. The first kappa shape index (κ1) is 13.8. The predicted octanol–water partition coefficient (Wildman–Crippen LogP) is 2.23. The zero-order valence-corrected chi connectivity index (χ0v) is 10.2. The summed E-state index contributed by atoms with van der Waals surface area (Å²) in [5.41, 5.74) is 0.613. The van der Waals surface area contributed by atoms with Crippen LogP contribution in [0.2, 0.25) is 0 Å². The fourth-order valence-corrected chi connectivity index (χ4v) is 1.59. The van der Waals surface area contributed by atoms with Crippen LogP contribution in [0.1, 0.15) is 25.7 Å². The summed E-state index contributed by atoms with van der Waals surface area (Å²) in [5.74, 6) is -0.0368. The Hall–Kier alpha value is -2.29. The molecule has 1 rings (SSSR count). The van der Waals surface area contributed by atoms with E-state index in [2.05, 4.69) is 11.1 Å². The minimum absolute atomic E-state index is 0.117. The molecule has 0 saturated heterocycles. The second kappa shape index (κ2) is 6.45. The van der Waals surface area contributed by atoms with Crippen molar-refractivity contribution in [1.29, 1.82) is 10.7 Å². The molecule has 1 heterocycles. The van der Waals surface area contributed by atoms with Gasteiger partial charge in [-0.1, -0.05) is 0 Å². The zero-order valence-electron chi connectivity index (χ0n) is 10.2. The van der Waals surface area contributed by atoms with Gasteiger partial charge in [0, 0.05) is 25.3 Å². The van der Waals surface area contributed by atoms with E-state index in [1.54, 1.807) is 7.05 Å². The summed E-state index contributed by atoms with van der Waals surface area (Å²) in [6, 6.07) is 2.06. The monoisotopic (exact) mass is 248 g/mol. The maximum absolute atomic E-state index is 9.57. The number of aliphatic hydroxyl groups is 2. The quantitative estimate of drug-likeness (QED) is 0.512. The Morgan fingerprint density at radius 3 is 2.89 bits per heavy atom. The van der Waals surface area contributed by atoms with Crippen LogP contribution in [0.5, 0.6) is 0 Å². The molecule has 0 bridgehead atoms. The van der Waals surface area contributed by atoms with E-state index in [0.717, 1.165) is 25.1 Å². The molecule has 96 valence electrons. The van der Waals surface area contributed by atoms with Crippen molar-refractivity contribution in [3.63, 3.8) is 0 Å². The van der Waals surface area contributed by atoms with Crippen molar-refractivity contribution >= 4 is 12.1 Å². The van der Waals surface area contributed by atoms with Crippen LogP contribution in [-0.4, -0.2) is 34.3 Å². The lowest BCUT2D eigenvalue weighted by Gasteiger charge is -2.23.